The van der Waals surface area contributed by atoms with Gasteiger partial charge in [-0.1, -0.05) is 13.0 Å². The number of fused-ring (bicyclic) bond motifs is 1. The highest BCUT2D eigenvalue weighted by molar-refractivity contribution is 5.85. The maximum Gasteiger partial charge on any atom is 0.404 e. The highest BCUT2D eigenvalue weighted by Crippen LogP contribution is 2.27. The van der Waals surface area contributed by atoms with Gasteiger partial charge >= 0.3 is 6.09 Å². The Morgan fingerprint density at radius 2 is 2.14 bits per heavy atom. The zero-order chi connectivity index (χ0) is 20.8. The summed E-state index contributed by atoms with van der Waals surface area (Å²) >= 11 is 0. The molecule has 3 rings (SSSR count). The Labute approximate surface area is 169 Å². The van der Waals surface area contributed by atoms with Gasteiger partial charge in [0, 0.05) is 30.9 Å². The molecule has 0 atom stereocenters. The Morgan fingerprint density at radius 3 is 2.86 bits per heavy atom. The zero-order valence-electron chi connectivity index (χ0n) is 16.9. The largest absolute Gasteiger partial charge is 0.465 e. The lowest BCUT2D eigenvalue weighted by Crippen LogP contribution is -2.30. The van der Waals surface area contributed by atoms with Crippen LogP contribution >= 0.6 is 0 Å². The van der Waals surface area contributed by atoms with Crippen molar-refractivity contribution in [3.8, 4) is 0 Å². The number of nitrogens with zero attached hydrogens (tertiary/aromatic N) is 3. The van der Waals surface area contributed by atoms with E-state index in [9.17, 15) is 9.18 Å². The number of carboxylic acid groups (broad SMARTS) is 1. The standard InChI is InChI=1S/C22H27FN4O2/c1-3-12-26(21-9-11-24-14-19(21)23)27-15-16(2)18-13-17(7-8-20(18)27)6-4-5-10-25-22(28)29/h7-9,11,13-15,25H,3-6,10,12H2,1-2H3,(H,28,29). The molecule has 0 bridgehead atoms. The third-order valence-corrected chi connectivity index (χ3v) is 4.94. The molecule has 1 amide bonds. The molecule has 29 heavy (non-hydrogen) atoms. The van der Waals surface area contributed by atoms with Crippen molar-refractivity contribution in [2.24, 2.45) is 0 Å². The second kappa shape index (κ2) is 9.41. The van der Waals surface area contributed by atoms with E-state index in [0.29, 0.717) is 18.8 Å². The van der Waals surface area contributed by atoms with Crippen LogP contribution in [-0.4, -0.2) is 33.9 Å². The lowest BCUT2D eigenvalue weighted by Gasteiger charge is -2.27. The zero-order valence-corrected chi connectivity index (χ0v) is 16.9. The molecular weight excluding hydrogens is 371 g/mol. The van der Waals surface area contributed by atoms with Gasteiger partial charge in [0.25, 0.3) is 0 Å². The summed E-state index contributed by atoms with van der Waals surface area (Å²) in [5.74, 6) is -0.341. The second-order valence-corrected chi connectivity index (χ2v) is 7.15. The van der Waals surface area contributed by atoms with E-state index in [4.69, 9.17) is 5.11 Å². The first kappa shape index (κ1) is 20.6. The molecule has 0 saturated heterocycles. The number of amides is 1. The van der Waals surface area contributed by atoms with E-state index < -0.39 is 6.09 Å². The molecule has 0 radical (unpaired) electrons. The van der Waals surface area contributed by atoms with Crippen molar-refractivity contribution in [3.05, 3.63) is 59.8 Å². The monoisotopic (exact) mass is 398 g/mol. The lowest BCUT2D eigenvalue weighted by molar-refractivity contribution is 0.194. The van der Waals surface area contributed by atoms with Crippen molar-refractivity contribution in [1.82, 2.24) is 15.0 Å². The van der Waals surface area contributed by atoms with E-state index in [1.807, 2.05) is 15.9 Å². The fourth-order valence-electron chi connectivity index (χ4n) is 3.56. The quantitative estimate of drug-likeness (QED) is 0.510. The van der Waals surface area contributed by atoms with E-state index in [0.717, 1.165) is 42.1 Å². The third-order valence-electron chi connectivity index (χ3n) is 4.94. The van der Waals surface area contributed by atoms with E-state index in [1.165, 1.54) is 11.8 Å². The normalized spacial score (nSPS) is 11.0. The molecule has 7 heteroatoms. The van der Waals surface area contributed by atoms with Crippen molar-refractivity contribution < 1.29 is 14.3 Å². The number of pyridine rings is 1. The van der Waals surface area contributed by atoms with Crippen LogP contribution in [0.2, 0.25) is 0 Å². The molecule has 2 heterocycles. The fraction of sp³-hybridized carbons (Fsp3) is 0.364. The van der Waals surface area contributed by atoms with Gasteiger partial charge in [-0.15, -0.1) is 0 Å². The lowest BCUT2D eigenvalue weighted by atomic mass is 10.0. The minimum Gasteiger partial charge on any atom is -0.465 e. The molecule has 154 valence electrons. The van der Waals surface area contributed by atoms with Crippen LogP contribution in [0.15, 0.2) is 42.9 Å². The van der Waals surface area contributed by atoms with Crippen molar-refractivity contribution in [2.75, 3.05) is 18.1 Å². The van der Waals surface area contributed by atoms with Gasteiger partial charge in [0.2, 0.25) is 0 Å². The predicted molar refractivity (Wildman–Crippen MR) is 113 cm³/mol. The van der Waals surface area contributed by atoms with Gasteiger partial charge in [-0.3, -0.25) is 14.7 Å². The molecule has 3 aromatic rings. The molecule has 0 spiro atoms. The predicted octanol–water partition coefficient (Wildman–Crippen LogP) is 4.75. The van der Waals surface area contributed by atoms with E-state index in [2.05, 4.69) is 42.3 Å². The van der Waals surface area contributed by atoms with Crippen molar-refractivity contribution >= 4 is 22.7 Å². The number of carbonyl (C=O) groups is 1. The van der Waals surface area contributed by atoms with Crippen LogP contribution in [0.25, 0.3) is 10.9 Å². The Bertz CT molecular complexity index is 986. The first-order valence-corrected chi connectivity index (χ1v) is 9.96. The number of anilines is 1. The topological polar surface area (TPSA) is 70.4 Å². The summed E-state index contributed by atoms with van der Waals surface area (Å²) in [5, 5.41) is 14.1. The number of unbranched alkanes of at least 4 members (excludes halogenated alkanes) is 1. The van der Waals surface area contributed by atoms with Crippen LogP contribution in [0.4, 0.5) is 14.9 Å². The Hall–Kier alpha value is -3.09. The van der Waals surface area contributed by atoms with Crippen LogP contribution in [0.3, 0.4) is 0 Å². The first-order valence-electron chi connectivity index (χ1n) is 9.96. The van der Waals surface area contributed by atoms with Gasteiger partial charge in [-0.25, -0.2) is 9.18 Å². The molecule has 0 saturated carbocycles. The summed E-state index contributed by atoms with van der Waals surface area (Å²) in [6, 6.07) is 8.05. The van der Waals surface area contributed by atoms with Gasteiger partial charge in [0.05, 0.1) is 17.4 Å². The number of aryl methyl sites for hydroxylation is 2. The molecule has 0 unspecified atom stereocenters. The van der Waals surface area contributed by atoms with Crippen molar-refractivity contribution in [2.45, 2.75) is 39.5 Å². The molecule has 0 aliphatic carbocycles. The Balaban J connectivity index is 1.84. The van der Waals surface area contributed by atoms with E-state index >= 15 is 0 Å². The average molecular weight is 398 g/mol. The second-order valence-electron chi connectivity index (χ2n) is 7.15. The highest BCUT2D eigenvalue weighted by atomic mass is 19.1. The summed E-state index contributed by atoms with van der Waals surface area (Å²) in [7, 11) is 0. The third kappa shape index (κ3) is 4.85. The van der Waals surface area contributed by atoms with Crippen LogP contribution in [-0.2, 0) is 6.42 Å². The summed E-state index contributed by atoms with van der Waals surface area (Å²) in [6.45, 7) is 5.29. The SMILES string of the molecule is CCCN(c1ccncc1F)n1cc(C)c2cc(CCCCNC(=O)O)ccc21. The van der Waals surface area contributed by atoms with Crippen LogP contribution < -0.4 is 10.3 Å². The summed E-state index contributed by atoms with van der Waals surface area (Å²) < 4.78 is 16.4. The molecule has 6 nitrogen and oxygen atoms in total. The van der Waals surface area contributed by atoms with E-state index in [1.54, 1.807) is 12.3 Å². The van der Waals surface area contributed by atoms with Gasteiger partial charge in [0.1, 0.15) is 0 Å². The maximum absolute atomic E-state index is 14.4. The van der Waals surface area contributed by atoms with Crippen molar-refractivity contribution in [3.63, 3.8) is 0 Å². The Kier molecular flexibility index (Phi) is 6.69. The molecule has 0 aliphatic heterocycles. The van der Waals surface area contributed by atoms with Crippen molar-refractivity contribution in [1.29, 1.82) is 0 Å². The minimum atomic E-state index is -0.981. The van der Waals surface area contributed by atoms with Crippen LogP contribution in [0.5, 0.6) is 0 Å². The number of hydrogen-bond acceptors (Lipinski definition) is 3. The number of halogens is 1. The molecule has 2 aromatic heterocycles. The number of nitrogens with one attached hydrogen (secondary N) is 1. The number of benzene rings is 1. The fourth-order valence-corrected chi connectivity index (χ4v) is 3.56. The Morgan fingerprint density at radius 1 is 1.31 bits per heavy atom. The molecule has 0 aliphatic rings. The first-order chi connectivity index (χ1) is 14.0. The summed E-state index contributed by atoms with van der Waals surface area (Å²) in [6.07, 6.45) is 7.39. The highest BCUT2D eigenvalue weighted by Gasteiger charge is 2.16. The molecule has 2 N–H and O–H groups in total. The number of hydrogen-bond donors (Lipinski definition) is 2. The summed E-state index contributed by atoms with van der Waals surface area (Å²) in [4.78, 5) is 14.4. The van der Waals surface area contributed by atoms with Crippen LogP contribution in [0, 0.1) is 12.7 Å². The smallest absolute Gasteiger partial charge is 0.404 e. The maximum atomic E-state index is 14.4. The average Bonchev–Trinajstić information content (AvgIpc) is 3.02. The van der Waals surface area contributed by atoms with Gasteiger partial charge < -0.3 is 10.4 Å². The van der Waals surface area contributed by atoms with E-state index in [-0.39, 0.29) is 5.82 Å². The van der Waals surface area contributed by atoms with Gasteiger partial charge in [0.15, 0.2) is 5.82 Å². The summed E-state index contributed by atoms with van der Waals surface area (Å²) in [5.41, 5.74) is 3.88. The minimum absolute atomic E-state index is 0.341. The molecular formula is C22H27FN4O2. The number of aromatic nitrogens is 2. The number of rotatable bonds is 9. The molecule has 0 fully saturated rings. The van der Waals surface area contributed by atoms with Gasteiger partial charge in [-0.2, -0.15) is 0 Å². The van der Waals surface area contributed by atoms with Gasteiger partial charge in [-0.05, 0) is 61.9 Å². The molecule has 1 aromatic carbocycles. The van der Waals surface area contributed by atoms with Crippen LogP contribution in [0.1, 0.15) is 37.3 Å².